The van der Waals surface area contributed by atoms with Crippen LogP contribution in [0.4, 0.5) is 0 Å². The van der Waals surface area contributed by atoms with Gasteiger partial charge in [-0.05, 0) is 0 Å². The fraction of sp³-hybridized carbons (Fsp3) is 0.800. The van der Waals surface area contributed by atoms with Crippen molar-refractivity contribution in [3.63, 3.8) is 0 Å². The zero-order valence-corrected chi connectivity index (χ0v) is 7.47. The molecule has 0 aliphatic carbocycles. The largest absolute Gasteiger partial charge is 0.370 e. The van der Waals surface area contributed by atoms with Gasteiger partial charge < -0.3 is 16.0 Å². The van der Waals surface area contributed by atoms with Crippen molar-refractivity contribution in [2.24, 2.45) is 5.73 Å². The molecule has 0 saturated carbocycles. The standard InChI is InChI=1S/C5H12N4.H3P/c6-5(7)9-3-1-8-2-4-9;/h8H,1-4H2,(H3,6,7);1H3. The molecule has 4 nitrogen and oxygen atoms in total. The van der Waals surface area contributed by atoms with Gasteiger partial charge in [-0.2, -0.15) is 9.90 Å². The summed E-state index contributed by atoms with van der Waals surface area (Å²) in [5.74, 6) is 0.191. The van der Waals surface area contributed by atoms with Crippen LogP contribution in [-0.4, -0.2) is 37.0 Å². The average molecular weight is 162 g/mol. The molecule has 1 heterocycles. The molecule has 1 aliphatic rings. The third-order valence-corrected chi connectivity index (χ3v) is 1.46. The SMILES string of the molecule is N=C(N)N1CCNCC1.P. The number of nitrogens with zero attached hydrogens (tertiary/aromatic N) is 1. The highest BCUT2D eigenvalue weighted by Crippen LogP contribution is 1.88. The van der Waals surface area contributed by atoms with Crippen molar-refractivity contribution in [3.05, 3.63) is 0 Å². The number of hydrogen-bond donors (Lipinski definition) is 3. The molecular weight excluding hydrogens is 147 g/mol. The Kier molecular flexibility index (Phi) is 4.32. The number of rotatable bonds is 0. The monoisotopic (exact) mass is 162 g/mol. The molecular formula is C5H15N4P. The summed E-state index contributed by atoms with van der Waals surface area (Å²) < 4.78 is 0. The number of hydrogen-bond acceptors (Lipinski definition) is 2. The second-order valence-corrected chi connectivity index (χ2v) is 2.12. The van der Waals surface area contributed by atoms with E-state index in [0.717, 1.165) is 26.2 Å². The fourth-order valence-corrected chi connectivity index (χ4v) is 0.906. The molecule has 1 aliphatic heterocycles. The van der Waals surface area contributed by atoms with Gasteiger partial charge in [-0.25, -0.2) is 0 Å². The Morgan fingerprint density at radius 3 is 2.20 bits per heavy atom. The van der Waals surface area contributed by atoms with E-state index in [1.807, 2.05) is 4.90 Å². The first-order chi connectivity index (χ1) is 4.30. The molecule has 1 unspecified atom stereocenters. The topological polar surface area (TPSA) is 65.1 Å². The molecule has 10 heavy (non-hydrogen) atoms. The highest BCUT2D eigenvalue weighted by Gasteiger charge is 2.08. The maximum atomic E-state index is 7.06. The first-order valence-corrected chi connectivity index (χ1v) is 3.10. The van der Waals surface area contributed by atoms with E-state index < -0.39 is 0 Å². The van der Waals surface area contributed by atoms with Gasteiger partial charge in [-0.15, -0.1) is 0 Å². The van der Waals surface area contributed by atoms with Crippen molar-refractivity contribution in [1.29, 1.82) is 5.41 Å². The van der Waals surface area contributed by atoms with Crippen LogP contribution in [0.1, 0.15) is 0 Å². The molecule has 1 atom stereocenters. The predicted octanol–water partition coefficient (Wildman–Crippen LogP) is -1.16. The van der Waals surface area contributed by atoms with E-state index in [-0.39, 0.29) is 15.9 Å². The summed E-state index contributed by atoms with van der Waals surface area (Å²) in [7, 11) is 0. The normalized spacial score (nSPS) is 17.8. The van der Waals surface area contributed by atoms with Gasteiger partial charge in [-0.1, -0.05) is 0 Å². The van der Waals surface area contributed by atoms with Crippen LogP contribution in [0.2, 0.25) is 0 Å². The zero-order valence-electron chi connectivity index (χ0n) is 6.06. The lowest BCUT2D eigenvalue weighted by molar-refractivity contribution is 0.352. The van der Waals surface area contributed by atoms with E-state index >= 15 is 0 Å². The minimum absolute atomic E-state index is 0. The van der Waals surface area contributed by atoms with Crippen LogP contribution in [0.3, 0.4) is 0 Å². The van der Waals surface area contributed by atoms with Crippen molar-refractivity contribution in [1.82, 2.24) is 10.2 Å². The van der Waals surface area contributed by atoms with E-state index in [1.54, 1.807) is 0 Å². The Balaban J connectivity index is 0.000000810. The maximum Gasteiger partial charge on any atom is 0.188 e. The van der Waals surface area contributed by atoms with Crippen molar-refractivity contribution in [3.8, 4) is 0 Å². The van der Waals surface area contributed by atoms with E-state index in [4.69, 9.17) is 11.1 Å². The average Bonchev–Trinajstić information content (AvgIpc) is 1.90. The van der Waals surface area contributed by atoms with E-state index in [0.29, 0.717) is 0 Å². The van der Waals surface area contributed by atoms with E-state index in [9.17, 15) is 0 Å². The van der Waals surface area contributed by atoms with Crippen molar-refractivity contribution in [2.75, 3.05) is 26.2 Å². The lowest BCUT2D eigenvalue weighted by atomic mass is 10.4. The summed E-state index contributed by atoms with van der Waals surface area (Å²) in [5.41, 5.74) is 5.25. The Labute approximate surface area is 64.3 Å². The summed E-state index contributed by atoms with van der Waals surface area (Å²) in [6.45, 7) is 3.63. The minimum atomic E-state index is 0. The van der Waals surface area contributed by atoms with Gasteiger partial charge in [0.05, 0.1) is 0 Å². The summed E-state index contributed by atoms with van der Waals surface area (Å²) >= 11 is 0. The summed E-state index contributed by atoms with van der Waals surface area (Å²) in [6, 6.07) is 0. The zero-order chi connectivity index (χ0) is 6.69. The van der Waals surface area contributed by atoms with E-state index in [2.05, 4.69) is 5.32 Å². The molecule has 0 aromatic heterocycles. The molecule has 0 bridgehead atoms. The quantitative estimate of drug-likeness (QED) is 0.239. The van der Waals surface area contributed by atoms with Crippen molar-refractivity contribution < 1.29 is 0 Å². The minimum Gasteiger partial charge on any atom is -0.370 e. The first-order valence-electron chi connectivity index (χ1n) is 3.10. The van der Waals surface area contributed by atoms with Crippen LogP contribution in [0.15, 0.2) is 0 Å². The van der Waals surface area contributed by atoms with Gasteiger partial charge in [0.15, 0.2) is 5.96 Å². The molecule has 4 N–H and O–H groups in total. The highest BCUT2D eigenvalue weighted by molar-refractivity contribution is 6.92. The Hall–Kier alpha value is -0.340. The smallest absolute Gasteiger partial charge is 0.188 e. The Morgan fingerprint density at radius 1 is 1.40 bits per heavy atom. The lowest BCUT2D eigenvalue weighted by Gasteiger charge is -2.27. The van der Waals surface area contributed by atoms with Crippen LogP contribution in [0, 0.1) is 5.41 Å². The number of piperazine rings is 1. The third-order valence-electron chi connectivity index (χ3n) is 1.46. The second-order valence-electron chi connectivity index (χ2n) is 2.12. The summed E-state index contributed by atoms with van der Waals surface area (Å²) in [5, 5.41) is 10.2. The van der Waals surface area contributed by atoms with Gasteiger partial charge in [0.1, 0.15) is 0 Å². The number of nitrogens with one attached hydrogen (secondary N) is 2. The van der Waals surface area contributed by atoms with Gasteiger partial charge in [0.2, 0.25) is 0 Å². The van der Waals surface area contributed by atoms with Crippen LogP contribution in [0.25, 0.3) is 0 Å². The summed E-state index contributed by atoms with van der Waals surface area (Å²) in [6.07, 6.45) is 0. The molecule has 60 valence electrons. The molecule has 0 radical (unpaired) electrons. The van der Waals surface area contributed by atoms with Crippen LogP contribution in [-0.2, 0) is 0 Å². The molecule has 1 saturated heterocycles. The molecule has 0 amide bonds. The van der Waals surface area contributed by atoms with Gasteiger partial charge >= 0.3 is 0 Å². The molecule has 0 spiro atoms. The van der Waals surface area contributed by atoms with Crippen molar-refractivity contribution in [2.45, 2.75) is 0 Å². The lowest BCUT2D eigenvalue weighted by Crippen LogP contribution is -2.48. The van der Waals surface area contributed by atoms with Gasteiger partial charge in [0, 0.05) is 26.2 Å². The molecule has 0 aromatic rings. The molecule has 1 fully saturated rings. The molecule has 1 rings (SSSR count). The first kappa shape index (κ1) is 9.66. The predicted molar refractivity (Wildman–Crippen MR) is 47.5 cm³/mol. The van der Waals surface area contributed by atoms with Gasteiger partial charge in [-0.3, -0.25) is 5.41 Å². The second kappa shape index (κ2) is 4.47. The molecule has 0 aromatic carbocycles. The van der Waals surface area contributed by atoms with Crippen LogP contribution in [0.5, 0.6) is 0 Å². The van der Waals surface area contributed by atoms with E-state index in [1.165, 1.54) is 0 Å². The van der Waals surface area contributed by atoms with Crippen LogP contribution >= 0.6 is 9.90 Å². The van der Waals surface area contributed by atoms with Gasteiger partial charge in [0.25, 0.3) is 0 Å². The fourth-order valence-electron chi connectivity index (χ4n) is 0.906. The Morgan fingerprint density at radius 2 is 1.90 bits per heavy atom. The maximum absolute atomic E-state index is 7.06. The number of guanidine groups is 1. The number of nitrogens with two attached hydrogens (primary N) is 1. The third kappa shape index (κ3) is 2.50. The highest BCUT2D eigenvalue weighted by atomic mass is 31.0. The van der Waals surface area contributed by atoms with Crippen LogP contribution < -0.4 is 11.1 Å². The Bertz CT molecular complexity index is 110. The van der Waals surface area contributed by atoms with Crippen molar-refractivity contribution >= 4 is 15.9 Å². The summed E-state index contributed by atoms with van der Waals surface area (Å²) in [4.78, 5) is 1.86. The molecule has 5 heteroatoms.